The zero-order valence-electron chi connectivity index (χ0n) is 18.1. The van der Waals surface area contributed by atoms with Gasteiger partial charge in [-0.3, -0.25) is 4.68 Å². The summed E-state index contributed by atoms with van der Waals surface area (Å²) >= 11 is 0. The van der Waals surface area contributed by atoms with Crippen molar-refractivity contribution in [1.82, 2.24) is 30.3 Å². The van der Waals surface area contributed by atoms with Gasteiger partial charge in [-0.25, -0.2) is 4.98 Å². The molecule has 0 saturated heterocycles. The zero-order chi connectivity index (χ0) is 22.0. The van der Waals surface area contributed by atoms with Crippen LogP contribution in [-0.2, 0) is 13.5 Å². The number of fused-ring (bicyclic) bond motifs is 1. The van der Waals surface area contributed by atoms with Gasteiger partial charge in [-0.2, -0.15) is 15.3 Å². The maximum atomic E-state index is 6.00. The van der Waals surface area contributed by atoms with Gasteiger partial charge in [0.15, 0.2) is 0 Å². The number of hydrogen-bond acceptors (Lipinski definition) is 7. The normalized spacial score (nSPS) is 14.3. The van der Waals surface area contributed by atoms with Crippen molar-refractivity contribution in [3.63, 3.8) is 0 Å². The highest BCUT2D eigenvalue weighted by Gasteiger charge is 2.20. The molecule has 0 amide bonds. The van der Waals surface area contributed by atoms with E-state index in [9.17, 15) is 0 Å². The van der Waals surface area contributed by atoms with E-state index < -0.39 is 0 Å². The third-order valence-electron chi connectivity index (χ3n) is 4.91. The molecule has 0 radical (unpaired) electrons. The van der Waals surface area contributed by atoms with Crippen LogP contribution in [0.25, 0.3) is 11.1 Å². The second-order valence-electron chi connectivity index (χ2n) is 7.42. The van der Waals surface area contributed by atoms with Crippen molar-refractivity contribution in [3.8, 4) is 17.0 Å². The molecule has 5 rings (SSSR count). The van der Waals surface area contributed by atoms with Gasteiger partial charge in [0.1, 0.15) is 6.10 Å². The SMILES string of the molecule is Cn1cc(-c2cnc3c(c2)NC[C@@H](CNCCc2cccnn2)O3)cn1.[HH].[HH].c1ccccc1. The van der Waals surface area contributed by atoms with E-state index in [0.29, 0.717) is 5.88 Å². The molecule has 1 aliphatic heterocycles. The van der Waals surface area contributed by atoms with Crippen LogP contribution in [0.2, 0.25) is 0 Å². The van der Waals surface area contributed by atoms with Crippen molar-refractivity contribution in [2.75, 3.05) is 25.0 Å². The minimum atomic E-state index is 0. The largest absolute Gasteiger partial charge is 0.470 e. The van der Waals surface area contributed by atoms with Crippen LogP contribution in [0.3, 0.4) is 0 Å². The topological polar surface area (TPSA) is 89.8 Å². The van der Waals surface area contributed by atoms with Gasteiger partial charge in [-0.15, -0.1) is 0 Å². The Kier molecular flexibility index (Phi) is 7.38. The van der Waals surface area contributed by atoms with E-state index in [4.69, 9.17) is 4.74 Å². The summed E-state index contributed by atoms with van der Waals surface area (Å²) in [7, 11) is 1.90. The van der Waals surface area contributed by atoms with Gasteiger partial charge < -0.3 is 15.4 Å². The Morgan fingerprint density at radius 1 is 1.12 bits per heavy atom. The Hall–Kier alpha value is -3.78. The summed E-state index contributed by atoms with van der Waals surface area (Å²) in [4.78, 5) is 4.46. The number of rotatable bonds is 6. The number of benzene rings is 1. The van der Waals surface area contributed by atoms with Gasteiger partial charge in [-0.1, -0.05) is 36.4 Å². The molecule has 0 aliphatic carbocycles. The highest BCUT2D eigenvalue weighted by molar-refractivity contribution is 5.69. The van der Waals surface area contributed by atoms with E-state index in [-0.39, 0.29) is 8.96 Å². The van der Waals surface area contributed by atoms with Gasteiger partial charge in [0, 0.05) is 59.1 Å². The van der Waals surface area contributed by atoms with Gasteiger partial charge >= 0.3 is 0 Å². The molecule has 3 aromatic heterocycles. The molecule has 8 nitrogen and oxygen atoms in total. The number of aromatic nitrogens is 5. The Morgan fingerprint density at radius 2 is 1.94 bits per heavy atom. The van der Waals surface area contributed by atoms with Crippen LogP contribution >= 0.6 is 0 Å². The maximum Gasteiger partial charge on any atom is 0.237 e. The van der Waals surface area contributed by atoms with Crippen LogP contribution in [0, 0.1) is 0 Å². The van der Waals surface area contributed by atoms with E-state index in [2.05, 4.69) is 37.0 Å². The summed E-state index contributed by atoms with van der Waals surface area (Å²) in [5.41, 5.74) is 3.96. The number of hydrogen-bond donors (Lipinski definition) is 2. The van der Waals surface area contributed by atoms with Crippen LogP contribution in [0.4, 0.5) is 5.69 Å². The van der Waals surface area contributed by atoms with Crippen LogP contribution in [0.15, 0.2) is 79.4 Å². The highest BCUT2D eigenvalue weighted by atomic mass is 16.5. The molecule has 8 heteroatoms. The molecule has 0 bridgehead atoms. The first-order valence-electron chi connectivity index (χ1n) is 10.6. The molecule has 4 aromatic rings. The molecule has 0 spiro atoms. The summed E-state index contributed by atoms with van der Waals surface area (Å²) in [5, 5.41) is 19.0. The van der Waals surface area contributed by atoms with Crippen molar-refractivity contribution in [2.24, 2.45) is 7.05 Å². The number of aryl methyl sites for hydroxylation is 1. The van der Waals surface area contributed by atoms with E-state index >= 15 is 0 Å². The molecule has 32 heavy (non-hydrogen) atoms. The molecule has 2 N–H and O–H groups in total. The lowest BCUT2D eigenvalue weighted by atomic mass is 10.1. The zero-order valence-corrected chi connectivity index (χ0v) is 18.1. The fourth-order valence-electron chi connectivity index (χ4n) is 3.27. The standard InChI is InChI=1S/C18H21N7O.C6H6.2H2/c1-25-12-14(9-23-25)13-7-17-18(21-8-13)26-16(11-20-17)10-19-6-4-15-3-2-5-22-24-15;1-2-4-6-5-3-1;;/h2-3,5,7-9,12,16,19-20H,4,6,10-11H2,1H3;1-6H;2*1H/t16-;;;/m1.../s1. The third-order valence-corrected chi connectivity index (χ3v) is 4.91. The summed E-state index contributed by atoms with van der Waals surface area (Å²) in [6, 6.07) is 17.9. The molecule has 168 valence electrons. The molecule has 0 unspecified atom stereocenters. The average Bonchev–Trinajstić information content (AvgIpc) is 3.30. The van der Waals surface area contributed by atoms with Crippen molar-refractivity contribution in [2.45, 2.75) is 12.5 Å². The van der Waals surface area contributed by atoms with Crippen molar-refractivity contribution < 1.29 is 7.59 Å². The van der Waals surface area contributed by atoms with E-state index in [1.165, 1.54) is 0 Å². The van der Waals surface area contributed by atoms with E-state index in [1.807, 2.05) is 74.2 Å². The maximum absolute atomic E-state index is 6.00. The molecular weight excluding hydrogens is 402 g/mol. The molecular formula is C24H31N7O. The van der Waals surface area contributed by atoms with Crippen molar-refractivity contribution in [3.05, 3.63) is 85.1 Å². The van der Waals surface area contributed by atoms with Crippen molar-refractivity contribution >= 4 is 5.69 Å². The molecule has 1 atom stereocenters. The summed E-state index contributed by atoms with van der Waals surface area (Å²) in [5.74, 6) is 0.643. The van der Waals surface area contributed by atoms with E-state index in [1.54, 1.807) is 10.9 Å². The first-order chi connectivity index (χ1) is 15.8. The van der Waals surface area contributed by atoms with Crippen LogP contribution in [0.1, 0.15) is 8.55 Å². The fraction of sp³-hybridized carbons (Fsp3) is 0.250. The van der Waals surface area contributed by atoms with Crippen LogP contribution in [0.5, 0.6) is 5.88 Å². The number of nitrogens with one attached hydrogen (secondary N) is 2. The Bertz CT molecular complexity index is 1070. The Morgan fingerprint density at radius 3 is 2.62 bits per heavy atom. The van der Waals surface area contributed by atoms with Crippen LogP contribution < -0.4 is 15.4 Å². The first kappa shape index (κ1) is 21.5. The predicted molar refractivity (Wildman–Crippen MR) is 129 cm³/mol. The second kappa shape index (κ2) is 11.0. The minimum absolute atomic E-state index is 0. The third kappa shape index (κ3) is 6.12. The number of anilines is 1. The predicted octanol–water partition coefficient (Wildman–Crippen LogP) is 3.46. The number of nitrogens with zero attached hydrogens (tertiary/aromatic N) is 5. The molecule has 1 aromatic carbocycles. The molecule has 0 saturated carbocycles. The van der Waals surface area contributed by atoms with Gasteiger partial charge in [0.2, 0.25) is 5.88 Å². The van der Waals surface area contributed by atoms with Gasteiger partial charge in [0.25, 0.3) is 0 Å². The van der Waals surface area contributed by atoms with Crippen molar-refractivity contribution in [1.29, 1.82) is 0 Å². The summed E-state index contributed by atoms with van der Waals surface area (Å²) in [6.45, 7) is 2.32. The Balaban J connectivity index is 0.000000448. The molecule has 4 heterocycles. The molecule has 1 aliphatic rings. The van der Waals surface area contributed by atoms with Gasteiger partial charge in [0.05, 0.1) is 24.1 Å². The summed E-state index contributed by atoms with van der Waals surface area (Å²) < 4.78 is 7.77. The van der Waals surface area contributed by atoms with E-state index in [0.717, 1.165) is 48.6 Å². The quantitative estimate of drug-likeness (QED) is 0.450. The monoisotopic (exact) mass is 433 g/mol. The first-order valence-corrected chi connectivity index (χ1v) is 10.6. The lowest BCUT2D eigenvalue weighted by Crippen LogP contribution is -2.40. The lowest BCUT2D eigenvalue weighted by Gasteiger charge is -2.27. The number of ether oxygens (including phenoxy) is 1. The van der Waals surface area contributed by atoms with Crippen LogP contribution in [-0.4, -0.2) is 50.7 Å². The number of pyridine rings is 1. The second-order valence-corrected chi connectivity index (χ2v) is 7.42. The summed E-state index contributed by atoms with van der Waals surface area (Å²) in [6.07, 6.45) is 8.19. The van der Waals surface area contributed by atoms with Gasteiger partial charge in [-0.05, 0) is 18.2 Å². The lowest BCUT2D eigenvalue weighted by molar-refractivity contribution is 0.194. The Labute approximate surface area is 190 Å². The average molecular weight is 434 g/mol. The minimum Gasteiger partial charge on any atom is -0.470 e. The molecule has 0 fully saturated rings. The highest BCUT2D eigenvalue weighted by Crippen LogP contribution is 2.30. The fourth-order valence-corrected chi connectivity index (χ4v) is 3.27. The smallest absolute Gasteiger partial charge is 0.237 e.